The van der Waals surface area contributed by atoms with Crippen LogP contribution in [0.1, 0.15) is 11.1 Å². The highest BCUT2D eigenvalue weighted by Crippen LogP contribution is 2.24. The lowest BCUT2D eigenvalue weighted by molar-refractivity contribution is -0.148. The summed E-state index contributed by atoms with van der Waals surface area (Å²) in [4.78, 5) is 3.73. The first kappa shape index (κ1) is 13.7. The van der Waals surface area contributed by atoms with Crippen LogP contribution >= 0.6 is 0 Å². The van der Waals surface area contributed by atoms with E-state index in [0.717, 1.165) is 0 Å². The van der Waals surface area contributed by atoms with E-state index in [1.54, 1.807) is 13.0 Å². The van der Waals surface area contributed by atoms with Crippen molar-refractivity contribution in [1.82, 2.24) is 4.98 Å². The molecule has 0 aromatic carbocycles. The predicted molar refractivity (Wildman–Crippen MR) is 53.3 cm³/mol. The highest BCUT2D eigenvalue weighted by molar-refractivity contribution is 5.28. The standard InChI is InChI=1S/C10H12F4N2O/c1-6-2-7(3-15)4-16-8(6)17-5-10(13,14)9(11)12/h2,4,9H,3,5,15H2,1H3. The van der Waals surface area contributed by atoms with Crippen LogP contribution in [0.4, 0.5) is 17.6 Å². The lowest BCUT2D eigenvalue weighted by Crippen LogP contribution is -2.34. The van der Waals surface area contributed by atoms with E-state index in [2.05, 4.69) is 9.72 Å². The number of aromatic nitrogens is 1. The smallest absolute Gasteiger partial charge is 0.340 e. The summed E-state index contributed by atoms with van der Waals surface area (Å²) < 4.78 is 53.5. The Labute approximate surface area is 95.6 Å². The third kappa shape index (κ3) is 3.55. The van der Waals surface area contributed by atoms with E-state index in [1.807, 2.05) is 0 Å². The summed E-state index contributed by atoms with van der Waals surface area (Å²) in [6, 6.07) is 1.60. The molecule has 0 aliphatic carbocycles. The van der Waals surface area contributed by atoms with Gasteiger partial charge in [0.1, 0.15) is 0 Å². The van der Waals surface area contributed by atoms with Gasteiger partial charge >= 0.3 is 12.3 Å². The van der Waals surface area contributed by atoms with Crippen LogP contribution in [0, 0.1) is 6.92 Å². The SMILES string of the molecule is Cc1cc(CN)cnc1OCC(F)(F)C(F)F. The number of hydrogen-bond acceptors (Lipinski definition) is 3. The predicted octanol–water partition coefficient (Wildman–Crippen LogP) is 2.13. The van der Waals surface area contributed by atoms with Crippen LogP contribution in [-0.2, 0) is 6.54 Å². The molecule has 0 aliphatic heterocycles. The maximum Gasteiger partial charge on any atom is 0.340 e. The molecular formula is C10H12F4N2O. The van der Waals surface area contributed by atoms with Crippen LogP contribution in [0.15, 0.2) is 12.3 Å². The summed E-state index contributed by atoms with van der Waals surface area (Å²) in [6.07, 6.45) is -2.41. The molecule has 96 valence electrons. The Morgan fingerprint density at radius 1 is 1.47 bits per heavy atom. The monoisotopic (exact) mass is 252 g/mol. The molecule has 0 spiro atoms. The molecule has 1 heterocycles. The van der Waals surface area contributed by atoms with E-state index in [-0.39, 0.29) is 12.4 Å². The van der Waals surface area contributed by atoms with E-state index >= 15 is 0 Å². The van der Waals surface area contributed by atoms with Gasteiger partial charge in [0.2, 0.25) is 5.88 Å². The van der Waals surface area contributed by atoms with Crippen molar-refractivity contribution < 1.29 is 22.3 Å². The maximum atomic E-state index is 12.6. The van der Waals surface area contributed by atoms with Crippen LogP contribution < -0.4 is 10.5 Å². The van der Waals surface area contributed by atoms with Gasteiger partial charge in [-0.3, -0.25) is 0 Å². The molecule has 1 rings (SSSR count). The second-order valence-electron chi connectivity index (χ2n) is 3.52. The molecule has 0 fully saturated rings. The van der Waals surface area contributed by atoms with Crippen LogP contribution in [0.5, 0.6) is 5.88 Å². The molecule has 3 nitrogen and oxygen atoms in total. The van der Waals surface area contributed by atoms with Gasteiger partial charge in [0.15, 0.2) is 6.61 Å². The van der Waals surface area contributed by atoms with Gasteiger partial charge in [0.25, 0.3) is 0 Å². The molecule has 17 heavy (non-hydrogen) atoms. The highest BCUT2D eigenvalue weighted by atomic mass is 19.3. The van der Waals surface area contributed by atoms with Crippen molar-refractivity contribution >= 4 is 0 Å². The Bertz CT molecular complexity index is 385. The first-order valence-electron chi connectivity index (χ1n) is 4.81. The zero-order valence-corrected chi connectivity index (χ0v) is 9.09. The van der Waals surface area contributed by atoms with Crippen molar-refractivity contribution in [2.45, 2.75) is 25.8 Å². The molecule has 2 N–H and O–H groups in total. The summed E-state index contributed by atoms with van der Waals surface area (Å²) in [5.74, 6) is -4.27. The van der Waals surface area contributed by atoms with Crippen molar-refractivity contribution in [3.8, 4) is 5.88 Å². The maximum absolute atomic E-state index is 12.6. The molecule has 0 saturated carbocycles. The first-order valence-corrected chi connectivity index (χ1v) is 4.81. The summed E-state index contributed by atoms with van der Waals surface area (Å²) in [7, 11) is 0. The molecule has 7 heteroatoms. The van der Waals surface area contributed by atoms with Crippen LogP contribution in [0.25, 0.3) is 0 Å². The van der Waals surface area contributed by atoms with Crippen molar-refractivity contribution in [2.75, 3.05) is 6.61 Å². The molecule has 0 atom stereocenters. The van der Waals surface area contributed by atoms with E-state index in [9.17, 15) is 17.6 Å². The number of nitrogens with zero attached hydrogens (tertiary/aromatic N) is 1. The molecule has 0 saturated heterocycles. The second kappa shape index (κ2) is 5.31. The van der Waals surface area contributed by atoms with E-state index in [4.69, 9.17) is 5.73 Å². The fourth-order valence-electron chi connectivity index (χ4n) is 1.11. The quantitative estimate of drug-likeness (QED) is 0.816. The number of nitrogens with two attached hydrogens (primary N) is 1. The average Bonchev–Trinajstić information content (AvgIpc) is 2.27. The van der Waals surface area contributed by atoms with Crippen molar-refractivity contribution in [3.63, 3.8) is 0 Å². The summed E-state index contributed by atoms with van der Waals surface area (Å²) in [6.45, 7) is 0.420. The molecule has 1 aromatic heterocycles. The normalized spacial score (nSPS) is 11.9. The highest BCUT2D eigenvalue weighted by Gasteiger charge is 2.41. The second-order valence-corrected chi connectivity index (χ2v) is 3.52. The van der Waals surface area contributed by atoms with E-state index in [0.29, 0.717) is 11.1 Å². The summed E-state index contributed by atoms with van der Waals surface area (Å²) in [5.41, 5.74) is 6.53. The fraction of sp³-hybridized carbons (Fsp3) is 0.500. The largest absolute Gasteiger partial charge is 0.471 e. The third-order valence-electron chi connectivity index (χ3n) is 2.04. The molecule has 0 unspecified atom stereocenters. The number of aryl methyl sites for hydroxylation is 1. The zero-order valence-electron chi connectivity index (χ0n) is 9.09. The van der Waals surface area contributed by atoms with Crippen molar-refractivity contribution in [2.24, 2.45) is 5.73 Å². The van der Waals surface area contributed by atoms with Gasteiger partial charge in [-0.15, -0.1) is 0 Å². The fourth-order valence-corrected chi connectivity index (χ4v) is 1.11. The Hall–Kier alpha value is -1.37. The molecule has 0 bridgehead atoms. The van der Waals surface area contributed by atoms with Gasteiger partial charge in [0, 0.05) is 18.3 Å². The van der Waals surface area contributed by atoms with Crippen molar-refractivity contribution in [3.05, 3.63) is 23.4 Å². The minimum absolute atomic E-state index is 0.0949. The van der Waals surface area contributed by atoms with E-state index in [1.165, 1.54) is 6.20 Å². The Morgan fingerprint density at radius 3 is 2.59 bits per heavy atom. The lowest BCUT2D eigenvalue weighted by atomic mass is 10.2. The summed E-state index contributed by atoms with van der Waals surface area (Å²) >= 11 is 0. The minimum atomic E-state index is -4.18. The Morgan fingerprint density at radius 2 is 2.12 bits per heavy atom. The Balaban J connectivity index is 2.70. The number of alkyl halides is 4. The van der Waals surface area contributed by atoms with Gasteiger partial charge < -0.3 is 10.5 Å². The minimum Gasteiger partial charge on any atom is -0.471 e. The third-order valence-corrected chi connectivity index (χ3v) is 2.04. The topological polar surface area (TPSA) is 48.1 Å². The lowest BCUT2D eigenvalue weighted by Gasteiger charge is -2.16. The molecule has 0 aliphatic rings. The van der Waals surface area contributed by atoms with E-state index < -0.39 is 19.0 Å². The molecule has 0 radical (unpaired) electrons. The number of hydrogen-bond donors (Lipinski definition) is 1. The molecule has 0 amide bonds. The summed E-state index contributed by atoms with van der Waals surface area (Å²) in [5, 5.41) is 0. The number of rotatable bonds is 5. The number of pyridine rings is 1. The van der Waals surface area contributed by atoms with Gasteiger partial charge in [-0.05, 0) is 18.6 Å². The van der Waals surface area contributed by atoms with Crippen LogP contribution in [-0.4, -0.2) is 23.9 Å². The molecular weight excluding hydrogens is 240 g/mol. The van der Waals surface area contributed by atoms with Crippen LogP contribution in [0.3, 0.4) is 0 Å². The van der Waals surface area contributed by atoms with Crippen LogP contribution in [0.2, 0.25) is 0 Å². The van der Waals surface area contributed by atoms with Gasteiger partial charge in [-0.25, -0.2) is 13.8 Å². The number of ether oxygens (including phenoxy) is 1. The van der Waals surface area contributed by atoms with Gasteiger partial charge in [0.05, 0.1) is 0 Å². The average molecular weight is 252 g/mol. The van der Waals surface area contributed by atoms with Gasteiger partial charge in [-0.2, -0.15) is 8.78 Å². The molecule has 1 aromatic rings. The first-order chi connectivity index (χ1) is 7.86. The number of halogens is 4. The zero-order chi connectivity index (χ0) is 13.1. The van der Waals surface area contributed by atoms with Crippen molar-refractivity contribution in [1.29, 1.82) is 0 Å². The Kier molecular flexibility index (Phi) is 4.28. The van der Waals surface area contributed by atoms with Gasteiger partial charge in [-0.1, -0.05) is 0 Å².